The number of nitro benzene ring substituents is 1. The molecule has 1 N–H and O–H groups in total. The fourth-order valence-corrected chi connectivity index (χ4v) is 3.61. The first-order valence-electron chi connectivity index (χ1n) is 9.77. The van der Waals surface area contributed by atoms with Crippen LogP contribution in [0.3, 0.4) is 0 Å². The molecule has 0 fully saturated rings. The number of thioether (sulfide) groups is 1. The predicted molar refractivity (Wildman–Crippen MR) is 122 cm³/mol. The molecule has 3 rings (SSSR count). The van der Waals surface area contributed by atoms with Crippen LogP contribution in [-0.2, 0) is 6.42 Å². The SMILES string of the molecule is CCc1ccc(C(=O)C[C@@H](Nc2ccc([N+](=O)[O-])cc2)c2ccc(SC)cc2)cc1. The first-order chi connectivity index (χ1) is 14.5. The third-order valence-corrected chi connectivity index (χ3v) is 5.75. The fraction of sp³-hybridized carbons (Fsp3) is 0.208. The van der Waals surface area contributed by atoms with Gasteiger partial charge in [-0.15, -0.1) is 11.8 Å². The van der Waals surface area contributed by atoms with Crippen LogP contribution in [0.5, 0.6) is 0 Å². The van der Waals surface area contributed by atoms with E-state index in [1.165, 1.54) is 17.7 Å². The van der Waals surface area contributed by atoms with Crippen molar-refractivity contribution in [3.63, 3.8) is 0 Å². The number of nitro groups is 1. The van der Waals surface area contributed by atoms with Gasteiger partial charge in [0.15, 0.2) is 5.78 Å². The minimum Gasteiger partial charge on any atom is -0.378 e. The molecule has 30 heavy (non-hydrogen) atoms. The van der Waals surface area contributed by atoms with Gasteiger partial charge in [0.1, 0.15) is 0 Å². The summed E-state index contributed by atoms with van der Waals surface area (Å²) in [5, 5.41) is 14.3. The Hall–Kier alpha value is -3.12. The molecule has 0 saturated heterocycles. The number of hydrogen-bond acceptors (Lipinski definition) is 5. The van der Waals surface area contributed by atoms with Gasteiger partial charge in [-0.2, -0.15) is 0 Å². The topological polar surface area (TPSA) is 72.2 Å². The van der Waals surface area contributed by atoms with Crippen LogP contribution < -0.4 is 5.32 Å². The largest absolute Gasteiger partial charge is 0.378 e. The number of hydrogen-bond donors (Lipinski definition) is 1. The van der Waals surface area contributed by atoms with Gasteiger partial charge in [-0.05, 0) is 48.1 Å². The minimum absolute atomic E-state index is 0.0357. The van der Waals surface area contributed by atoms with Gasteiger partial charge in [-0.1, -0.05) is 43.3 Å². The van der Waals surface area contributed by atoms with Crippen LogP contribution in [0.4, 0.5) is 11.4 Å². The van der Waals surface area contributed by atoms with Crippen LogP contribution in [-0.4, -0.2) is 17.0 Å². The second kappa shape index (κ2) is 10.1. The molecule has 0 aliphatic rings. The molecule has 0 aromatic heterocycles. The van der Waals surface area contributed by atoms with Crippen LogP contribution in [0.1, 0.15) is 40.9 Å². The summed E-state index contributed by atoms with van der Waals surface area (Å²) in [4.78, 5) is 24.6. The fourth-order valence-electron chi connectivity index (χ4n) is 3.20. The predicted octanol–water partition coefficient (Wildman–Crippen LogP) is 6.31. The average Bonchev–Trinajstić information content (AvgIpc) is 2.79. The van der Waals surface area contributed by atoms with E-state index in [1.807, 2.05) is 54.8 Å². The molecule has 0 heterocycles. The first-order valence-corrected chi connectivity index (χ1v) is 11.0. The highest BCUT2D eigenvalue weighted by molar-refractivity contribution is 7.98. The number of carbonyl (C=O) groups is 1. The zero-order valence-electron chi connectivity index (χ0n) is 17.0. The van der Waals surface area contributed by atoms with Gasteiger partial charge in [0, 0.05) is 34.7 Å². The Balaban J connectivity index is 1.83. The lowest BCUT2D eigenvalue weighted by Gasteiger charge is -2.20. The third-order valence-electron chi connectivity index (χ3n) is 5.01. The number of carbonyl (C=O) groups excluding carboxylic acids is 1. The zero-order chi connectivity index (χ0) is 21.5. The number of aryl methyl sites for hydroxylation is 1. The Morgan fingerprint density at radius 3 is 2.17 bits per heavy atom. The van der Waals surface area contributed by atoms with Crippen LogP contribution in [0, 0.1) is 10.1 Å². The Labute approximate surface area is 180 Å². The smallest absolute Gasteiger partial charge is 0.269 e. The Bertz CT molecular complexity index is 1000. The van der Waals surface area contributed by atoms with E-state index in [4.69, 9.17) is 0 Å². The Kier molecular flexibility index (Phi) is 7.25. The second-order valence-electron chi connectivity index (χ2n) is 6.95. The summed E-state index contributed by atoms with van der Waals surface area (Å²) >= 11 is 1.66. The summed E-state index contributed by atoms with van der Waals surface area (Å²) in [5.74, 6) is 0.0472. The normalized spacial score (nSPS) is 11.7. The molecule has 1 atom stereocenters. The molecular weight excluding hydrogens is 396 g/mol. The molecule has 0 spiro atoms. The molecule has 3 aromatic carbocycles. The molecule has 0 aliphatic carbocycles. The molecule has 0 bridgehead atoms. The number of rotatable bonds is 9. The van der Waals surface area contributed by atoms with E-state index in [1.54, 1.807) is 23.9 Å². The molecule has 3 aromatic rings. The maximum Gasteiger partial charge on any atom is 0.269 e. The number of nitrogens with one attached hydrogen (secondary N) is 1. The van der Waals surface area contributed by atoms with E-state index in [9.17, 15) is 14.9 Å². The van der Waals surface area contributed by atoms with Gasteiger partial charge < -0.3 is 5.32 Å². The van der Waals surface area contributed by atoms with Crippen LogP contribution in [0.15, 0.2) is 77.7 Å². The van der Waals surface area contributed by atoms with E-state index >= 15 is 0 Å². The van der Waals surface area contributed by atoms with Gasteiger partial charge in [-0.3, -0.25) is 14.9 Å². The van der Waals surface area contributed by atoms with Crippen LogP contribution in [0.2, 0.25) is 0 Å². The van der Waals surface area contributed by atoms with E-state index in [0.717, 1.165) is 22.6 Å². The monoisotopic (exact) mass is 420 g/mol. The number of anilines is 1. The van der Waals surface area contributed by atoms with Crippen molar-refractivity contribution in [2.75, 3.05) is 11.6 Å². The molecule has 0 unspecified atom stereocenters. The summed E-state index contributed by atoms with van der Waals surface area (Å²) in [6.07, 6.45) is 3.23. The van der Waals surface area contributed by atoms with Crippen molar-refractivity contribution in [3.8, 4) is 0 Å². The number of non-ortho nitro benzene ring substituents is 1. The van der Waals surface area contributed by atoms with Gasteiger partial charge in [-0.25, -0.2) is 0 Å². The number of nitrogens with zero attached hydrogens (tertiary/aromatic N) is 1. The minimum atomic E-state index is -0.425. The highest BCUT2D eigenvalue weighted by Gasteiger charge is 2.18. The summed E-state index contributed by atoms with van der Waals surface area (Å²) in [6, 6.07) is 21.8. The maximum absolute atomic E-state index is 13.0. The van der Waals surface area contributed by atoms with E-state index < -0.39 is 4.92 Å². The van der Waals surface area contributed by atoms with E-state index in [-0.39, 0.29) is 23.9 Å². The molecular formula is C24H24N2O3S. The average molecular weight is 421 g/mol. The molecule has 0 radical (unpaired) electrons. The molecule has 0 aliphatic heterocycles. The van der Waals surface area contributed by atoms with Gasteiger partial charge in [0.2, 0.25) is 0 Å². The van der Waals surface area contributed by atoms with Crippen molar-refractivity contribution in [1.82, 2.24) is 0 Å². The second-order valence-corrected chi connectivity index (χ2v) is 7.83. The molecule has 154 valence electrons. The summed E-state index contributed by atoms with van der Waals surface area (Å²) in [5.41, 5.74) is 3.63. The quantitative estimate of drug-likeness (QED) is 0.190. The third kappa shape index (κ3) is 5.48. The van der Waals surface area contributed by atoms with Crippen LogP contribution in [0.25, 0.3) is 0 Å². The van der Waals surface area contributed by atoms with Crippen molar-refractivity contribution in [1.29, 1.82) is 0 Å². The zero-order valence-corrected chi connectivity index (χ0v) is 17.8. The van der Waals surface area contributed by atoms with Crippen molar-refractivity contribution in [2.24, 2.45) is 0 Å². The lowest BCUT2D eigenvalue weighted by molar-refractivity contribution is -0.384. The highest BCUT2D eigenvalue weighted by Crippen LogP contribution is 2.27. The molecule has 6 heteroatoms. The standard InChI is InChI=1S/C24H24N2O3S/c1-3-17-4-6-19(7-5-17)24(27)16-23(18-8-14-22(30-2)15-9-18)25-20-10-12-21(13-11-20)26(28)29/h4-15,23,25H,3,16H2,1-2H3/t23-/m1/s1. The number of ketones is 1. The Morgan fingerprint density at radius 2 is 1.63 bits per heavy atom. The highest BCUT2D eigenvalue weighted by atomic mass is 32.2. The lowest BCUT2D eigenvalue weighted by Crippen LogP contribution is -2.16. The van der Waals surface area contributed by atoms with Gasteiger partial charge >= 0.3 is 0 Å². The number of benzene rings is 3. The maximum atomic E-state index is 13.0. The summed E-state index contributed by atoms with van der Waals surface area (Å²) in [6.45, 7) is 2.08. The molecule has 5 nitrogen and oxygen atoms in total. The molecule has 0 amide bonds. The van der Waals surface area contributed by atoms with Crippen molar-refractivity contribution in [3.05, 3.63) is 99.6 Å². The van der Waals surface area contributed by atoms with Crippen molar-refractivity contribution in [2.45, 2.75) is 30.7 Å². The van der Waals surface area contributed by atoms with Crippen molar-refractivity contribution >= 4 is 28.9 Å². The van der Waals surface area contributed by atoms with E-state index in [2.05, 4.69) is 12.2 Å². The summed E-state index contributed by atoms with van der Waals surface area (Å²) < 4.78 is 0. The van der Waals surface area contributed by atoms with E-state index in [0.29, 0.717) is 5.56 Å². The van der Waals surface area contributed by atoms with Crippen LogP contribution >= 0.6 is 11.8 Å². The van der Waals surface area contributed by atoms with Crippen molar-refractivity contribution < 1.29 is 9.72 Å². The number of Topliss-reactive ketones (excluding diaryl/α,β-unsaturated/α-hetero) is 1. The molecule has 0 saturated carbocycles. The first kappa shape index (κ1) is 21.6. The van der Waals surface area contributed by atoms with Gasteiger partial charge in [0.05, 0.1) is 11.0 Å². The van der Waals surface area contributed by atoms with Gasteiger partial charge in [0.25, 0.3) is 5.69 Å². The summed E-state index contributed by atoms with van der Waals surface area (Å²) in [7, 11) is 0. The lowest BCUT2D eigenvalue weighted by atomic mass is 9.97. The Morgan fingerprint density at radius 1 is 1.00 bits per heavy atom.